The lowest BCUT2D eigenvalue weighted by Gasteiger charge is -2.27. The van der Waals surface area contributed by atoms with Crippen molar-refractivity contribution in [3.8, 4) is 11.5 Å². The number of carbonyl (C=O) groups excluding carboxylic acids is 2. The number of amides is 1. The Kier molecular flexibility index (Phi) is 7.49. The Morgan fingerprint density at radius 2 is 1.44 bits per heavy atom. The smallest absolute Gasteiger partial charge is 0.335 e. The molecule has 3 aromatic rings. The van der Waals surface area contributed by atoms with Crippen LogP contribution in [0.25, 0.3) is 5.76 Å². The van der Waals surface area contributed by atoms with E-state index in [4.69, 9.17) is 9.47 Å². The van der Waals surface area contributed by atoms with Gasteiger partial charge in [-0.3, -0.25) is 9.59 Å². The predicted molar refractivity (Wildman–Crippen MR) is 146 cm³/mol. The summed E-state index contributed by atoms with van der Waals surface area (Å²) in [6.07, 6.45) is 0. The molecule has 1 fully saturated rings. The average molecular weight is 530 g/mol. The van der Waals surface area contributed by atoms with Gasteiger partial charge < -0.3 is 24.6 Å². The summed E-state index contributed by atoms with van der Waals surface area (Å²) in [6, 6.07) is 17.7. The molecular weight excluding hydrogens is 498 g/mol. The van der Waals surface area contributed by atoms with E-state index in [2.05, 4.69) is 20.8 Å². The molecule has 202 valence electrons. The van der Waals surface area contributed by atoms with Crippen LogP contribution in [0.15, 0.2) is 72.3 Å². The largest absolute Gasteiger partial charge is 0.506 e. The zero-order chi connectivity index (χ0) is 28.5. The molecule has 1 saturated heterocycles. The molecule has 1 unspecified atom stereocenters. The van der Waals surface area contributed by atoms with E-state index in [9.17, 15) is 24.6 Å². The van der Waals surface area contributed by atoms with Crippen LogP contribution in [-0.2, 0) is 21.5 Å². The second kappa shape index (κ2) is 10.6. The van der Waals surface area contributed by atoms with E-state index in [0.29, 0.717) is 11.1 Å². The third-order valence-corrected chi connectivity index (χ3v) is 6.85. The molecule has 0 spiro atoms. The van der Waals surface area contributed by atoms with Gasteiger partial charge in [0.15, 0.2) is 0 Å². The molecular formula is C31H31NO7. The standard InChI is InChI=1S/C31H31NO7/c1-31(2,3)21-15-13-19(14-16-21)26-25(27(33)24-22(38-4)7-6-8-23(24)39-5)28(34)29(35)32(26)17-18-9-11-20(12-10-18)30(36)37/h6-16,26,33H,17H2,1-5H3,(H,36,37)/b27-25+. The van der Waals surface area contributed by atoms with Crippen molar-refractivity contribution in [1.29, 1.82) is 0 Å². The molecule has 0 aromatic heterocycles. The van der Waals surface area contributed by atoms with Gasteiger partial charge in [0.2, 0.25) is 0 Å². The van der Waals surface area contributed by atoms with Crippen molar-refractivity contribution in [1.82, 2.24) is 4.90 Å². The zero-order valence-corrected chi connectivity index (χ0v) is 22.5. The Morgan fingerprint density at radius 1 is 0.872 bits per heavy atom. The van der Waals surface area contributed by atoms with E-state index in [1.54, 1.807) is 30.3 Å². The predicted octanol–water partition coefficient (Wildman–Crippen LogP) is 5.32. The molecule has 0 radical (unpaired) electrons. The third kappa shape index (κ3) is 5.23. The van der Waals surface area contributed by atoms with Gasteiger partial charge >= 0.3 is 5.97 Å². The van der Waals surface area contributed by atoms with Crippen molar-refractivity contribution < 1.29 is 34.1 Å². The number of ketones is 1. The maximum absolute atomic E-state index is 13.5. The van der Waals surface area contributed by atoms with Crippen LogP contribution >= 0.6 is 0 Å². The average Bonchev–Trinajstić information content (AvgIpc) is 3.17. The molecule has 2 N–H and O–H groups in total. The molecule has 0 saturated carbocycles. The first-order chi connectivity index (χ1) is 18.5. The van der Waals surface area contributed by atoms with Crippen LogP contribution in [-0.4, -0.2) is 47.0 Å². The highest BCUT2D eigenvalue weighted by Crippen LogP contribution is 2.44. The summed E-state index contributed by atoms with van der Waals surface area (Å²) in [7, 11) is 2.88. The Morgan fingerprint density at radius 3 is 1.92 bits per heavy atom. The van der Waals surface area contributed by atoms with Gasteiger partial charge in [0, 0.05) is 6.54 Å². The van der Waals surface area contributed by atoms with Gasteiger partial charge in [0.25, 0.3) is 11.7 Å². The highest BCUT2D eigenvalue weighted by molar-refractivity contribution is 6.46. The van der Waals surface area contributed by atoms with Crippen LogP contribution in [0, 0.1) is 0 Å². The molecule has 0 bridgehead atoms. The minimum atomic E-state index is -1.06. The van der Waals surface area contributed by atoms with Crippen molar-refractivity contribution in [2.45, 2.75) is 38.8 Å². The Hall–Kier alpha value is -4.59. The number of nitrogens with zero attached hydrogens (tertiary/aromatic N) is 1. The number of aliphatic hydroxyl groups excluding tert-OH is 1. The third-order valence-electron chi connectivity index (χ3n) is 6.85. The number of aromatic carboxylic acids is 1. The fraction of sp³-hybridized carbons (Fsp3) is 0.258. The Labute approximate surface area is 227 Å². The quantitative estimate of drug-likeness (QED) is 0.242. The van der Waals surface area contributed by atoms with E-state index < -0.39 is 29.5 Å². The summed E-state index contributed by atoms with van der Waals surface area (Å²) in [4.78, 5) is 39.6. The van der Waals surface area contributed by atoms with Gasteiger partial charge in [-0.1, -0.05) is 63.2 Å². The lowest BCUT2D eigenvalue weighted by atomic mass is 9.85. The number of carboxylic acid groups (broad SMARTS) is 1. The first-order valence-electron chi connectivity index (χ1n) is 12.4. The minimum Gasteiger partial charge on any atom is -0.506 e. The molecule has 1 aliphatic rings. The van der Waals surface area contributed by atoms with Crippen LogP contribution in [0.4, 0.5) is 0 Å². The second-order valence-corrected chi connectivity index (χ2v) is 10.3. The maximum atomic E-state index is 13.5. The van der Waals surface area contributed by atoms with Gasteiger partial charge in [-0.15, -0.1) is 0 Å². The summed E-state index contributed by atoms with van der Waals surface area (Å²) in [6.45, 7) is 6.28. The Balaban J connectivity index is 1.90. The molecule has 1 aliphatic heterocycles. The highest BCUT2D eigenvalue weighted by atomic mass is 16.5. The number of carbonyl (C=O) groups is 3. The minimum absolute atomic E-state index is 0.0238. The van der Waals surface area contributed by atoms with E-state index in [1.165, 1.54) is 31.3 Å². The lowest BCUT2D eigenvalue weighted by molar-refractivity contribution is -0.140. The molecule has 1 heterocycles. The summed E-state index contributed by atoms with van der Waals surface area (Å²) in [5, 5.41) is 20.8. The fourth-order valence-electron chi connectivity index (χ4n) is 4.72. The van der Waals surface area contributed by atoms with E-state index >= 15 is 0 Å². The maximum Gasteiger partial charge on any atom is 0.335 e. The van der Waals surface area contributed by atoms with Crippen molar-refractivity contribution in [2.75, 3.05) is 14.2 Å². The number of Topliss-reactive ketones (excluding diaryl/α,β-unsaturated/α-hetero) is 1. The number of ether oxygens (including phenoxy) is 2. The van der Waals surface area contributed by atoms with Crippen molar-refractivity contribution in [3.63, 3.8) is 0 Å². The number of hydrogen-bond acceptors (Lipinski definition) is 6. The molecule has 0 aliphatic carbocycles. The number of benzene rings is 3. The summed E-state index contributed by atoms with van der Waals surface area (Å²) in [5.74, 6) is -2.53. The summed E-state index contributed by atoms with van der Waals surface area (Å²) >= 11 is 0. The van der Waals surface area contributed by atoms with Gasteiger partial charge in [0.1, 0.15) is 22.8 Å². The zero-order valence-electron chi connectivity index (χ0n) is 22.5. The normalized spacial score (nSPS) is 16.8. The lowest BCUT2D eigenvalue weighted by Crippen LogP contribution is -2.29. The number of rotatable bonds is 7. The monoisotopic (exact) mass is 529 g/mol. The summed E-state index contributed by atoms with van der Waals surface area (Å²) in [5.41, 5.74) is 2.41. The first kappa shape index (κ1) is 27.4. The molecule has 1 atom stereocenters. The molecule has 3 aromatic carbocycles. The first-order valence-corrected chi connectivity index (χ1v) is 12.4. The van der Waals surface area contributed by atoms with E-state index in [-0.39, 0.29) is 40.2 Å². The molecule has 8 nitrogen and oxygen atoms in total. The van der Waals surface area contributed by atoms with Gasteiger partial charge in [-0.05, 0) is 46.4 Å². The fourth-order valence-corrected chi connectivity index (χ4v) is 4.72. The van der Waals surface area contributed by atoms with Crippen LogP contribution in [0.3, 0.4) is 0 Å². The Bertz CT molecular complexity index is 1430. The van der Waals surface area contributed by atoms with E-state index in [0.717, 1.165) is 5.56 Å². The number of methoxy groups -OCH3 is 2. The van der Waals surface area contributed by atoms with E-state index in [1.807, 2.05) is 24.3 Å². The van der Waals surface area contributed by atoms with Crippen molar-refractivity contribution in [2.24, 2.45) is 0 Å². The molecule has 8 heteroatoms. The van der Waals surface area contributed by atoms with Crippen molar-refractivity contribution >= 4 is 23.4 Å². The molecule has 1 amide bonds. The van der Waals surface area contributed by atoms with Gasteiger partial charge in [-0.25, -0.2) is 4.79 Å². The molecule has 4 rings (SSSR count). The summed E-state index contributed by atoms with van der Waals surface area (Å²) < 4.78 is 10.9. The number of likely N-dealkylation sites (tertiary alicyclic amines) is 1. The van der Waals surface area contributed by atoms with Crippen LogP contribution < -0.4 is 9.47 Å². The number of hydrogen-bond donors (Lipinski definition) is 2. The number of carboxylic acids is 1. The SMILES string of the molecule is COc1cccc(OC)c1/C(O)=C1\C(=O)C(=O)N(Cc2ccc(C(=O)O)cc2)C1c1ccc(C(C)(C)C)cc1. The van der Waals surface area contributed by atoms with Gasteiger partial charge in [0.05, 0.1) is 31.4 Å². The molecule has 39 heavy (non-hydrogen) atoms. The van der Waals surface area contributed by atoms with Crippen LogP contribution in [0.1, 0.15) is 59.4 Å². The van der Waals surface area contributed by atoms with Gasteiger partial charge in [-0.2, -0.15) is 0 Å². The van der Waals surface area contributed by atoms with Crippen molar-refractivity contribution in [3.05, 3.63) is 100 Å². The van der Waals surface area contributed by atoms with Crippen LogP contribution in [0.2, 0.25) is 0 Å². The second-order valence-electron chi connectivity index (χ2n) is 10.3. The topological polar surface area (TPSA) is 113 Å². The number of aliphatic hydroxyl groups is 1. The highest BCUT2D eigenvalue weighted by Gasteiger charge is 2.46. The van der Waals surface area contributed by atoms with Crippen LogP contribution in [0.5, 0.6) is 11.5 Å².